The minimum Gasteiger partial charge on any atom is -0.480 e. The number of nitrogens with one attached hydrogen (secondary N) is 1. The van der Waals surface area contributed by atoms with E-state index in [4.69, 9.17) is 23.2 Å². The molecule has 7 nitrogen and oxygen atoms in total. The molecule has 3 aromatic carbocycles. The Kier molecular flexibility index (Phi) is 8.91. The van der Waals surface area contributed by atoms with E-state index in [1.54, 1.807) is 55.6 Å². The van der Waals surface area contributed by atoms with Crippen LogP contribution in [0.5, 0.6) is 0 Å². The molecule has 0 aromatic heterocycles. The molecule has 0 heterocycles. The highest BCUT2D eigenvalue weighted by molar-refractivity contribution is 7.89. The van der Waals surface area contributed by atoms with Gasteiger partial charge in [0, 0.05) is 18.6 Å². The van der Waals surface area contributed by atoms with Crippen LogP contribution >= 0.6 is 23.2 Å². The van der Waals surface area contributed by atoms with Crippen molar-refractivity contribution in [3.63, 3.8) is 0 Å². The molecule has 3 aromatic rings. The summed E-state index contributed by atoms with van der Waals surface area (Å²) in [6, 6.07) is 18.5. The zero-order chi connectivity index (χ0) is 25.6. The third-order valence-electron chi connectivity index (χ3n) is 5.37. The summed E-state index contributed by atoms with van der Waals surface area (Å²) in [4.78, 5) is 25.6. The summed E-state index contributed by atoms with van der Waals surface area (Å²) in [7, 11) is -2.50. The van der Waals surface area contributed by atoms with Crippen molar-refractivity contribution in [3.8, 4) is 11.1 Å². The molecule has 0 spiro atoms. The van der Waals surface area contributed by atoms with Gasteiger partial charge in [-0.1, -0.05) is 59.6 Å². The van der Waals surface area contributed by atoms with Crippen molar-refractivity contribution >= 4 is 45.1 Å². The molecule has 35 heavy (non-hydrogen) atoms. The standard InChI is InChI=1S/C25H24Cl2N2O5S/c1-29(24(30)21-5-2-3-6-22(21)27)16-4-7-23(25(31)32)28-35(33,34)20-14-10-18(11-15-20)17-8-12-19(26)13-9-17/h2-3,5-6,8-15,23,28H,4,7,16H2,1H3,(H,31,32)/t23-/m0/s1. The number of carbonyl (C=O) groups is 2. The lowest BCUT2D eigenvalue weighted by Gasteiger charge is -2.20. The lowest BCUT2D eigenvalue weighted by atomic mass is 10.1. The van der Waals surface area contributed by atoms with Crippen molar-refractivity contribution in [2.75, 3.05) is 13.6 Å². The van der Waals surface area contributed by atoms with Crippen LogP contribution in [-0.4, -0.2) is 49.9 Å². The Morgan fingerprint density at radius 2 is 1.51 bits per heavy atom. The number of carboxylic acids is 1. The van der Waals surface area contributed by atoms with Crippen LogP contribution in [0.1, 0.15) is 23.2 Å². The summed E-state index contributed by atoms with van der Waals surface area (Å²) in [5.41, 5.74) is 2.00. The van der Waals surface area contributed by atoms with Crippen LogP contribution in [0.25, 0.3) is 11.1 Å². The average molecular weight is 535 g/mol. The zero-order valence-electron chi connectivity index (χ0n) is 18.8. The second-order valence-electron chi connectivity index (χ2n) is 7.89. The van der Waals surface area contributed by atoms with Gasteiger partial charge in [0.05, 0.1) is 15.5 Å². The van der Waals surface area contributed by atoms with Gasteiger partial charge in [-0.3, -0.25) is 9.59 Å². The van der Waals surface area contributed by atoms with Crippen molar-refractivity contribution in [2.45, 2.75) is 23.8 Å². The fraction of sp³-hybridized carbons (Fsp3) is 0.200. The largest absolute Gasteiger partial charge is 0.480 e. The summed E-state index contributed by atoms with van der Waals surface area (Å²) in [6.07, 6.45) is 0.263. The molecule has 0 fully saturated rings. The van der Waals surface area contributed by atoms with Gasteiger partial charge in [-0.25, -0.2) is 8.42 Å². The van der Waals surface area contributed by atoms with Gasteiger partial charge in [0.2, 0.25) is 10.0 Å². The number of carbonyl (C=O) groups excluding carboxylic acids is 1. The van der Waals surface area contributed by atoms with Crippen LogP contribution in [0.2, 0.25) is 10.0 Å². The minimum absolute atomic E-state index is 0.00242. The SMILES string of the molecule is CN(CCC[C@H](NS(=O)(=O)c1ccc(-c2ccc(Cl)cc2)cc1)C(=O)O)C(=O)c1ccccc1Cl. The molecule has 0 aliphatic carbocycles. The third kappa shape index (κ3) is 7.05. The first-order chi connectivity index (χ1) is 16.6. The van der Waals surface area contributed by atoms with E-state index in [9.17, 15) is 23.1 Å². The predicted octanol–water partition coefficient (Wildman–Crippen LogP) is 4.94. The number of hydrogen-bond acceptors (Lipinski definition) is 4. The summed E-state index contributed by atoms with van der Waals surface area (Å²) in [6.45, 7) is 0.228. The minimum atomic E-state index is -4.08. The van der Waals surface area contributed by atoms with Crippen LogP contribution < -0.4 is 4.72 Å². The second kappa shape index (κ2) is 11.7. The van der Waals surface area contributed by atoms with E-state index >= 15 is 0 Å². The predicted molar refractivity (Wildman–Crippen MR) is 136 cm³/mol. The van der Waals surface area contributed by atoms with Gasteiger partial charge < -0.3 is 10.0 Å². The Hall–Kier alpha value is -2.91. The van der Waals surface area contributed by atoms with E-state index in [2.05, 4.69) is 4.72 Å². The Morgan fingerprint density at radius 3 is 2.09 bits per heavy atom. The number of benzene rings is 3. The van der Waals surface area contributed by atoms with Crippen LogP contribution in [0.3, 0.4) is 0 Å². The Balaban J connectivity index is 1.62. The summed E-state index contributed by atoms with van der Waals surface area (Å²) in [5, 5.41) is 10.5. The lowest BCUT2D eigenvalue weighted by molar-refractivity contribution is -0.139. The van der Waals surface area contributed by atoms with Gasteiger partial charge in [-0.15, -0.1) is 0 Å². The monoisotopic (exact) mass is 534 g/mol. The molecule has 0 aliphatic rings. The molecule has 0 bridgehead atoms. The lowest BCUT2D eigenvalue weighted by Crippen LogP contribution is -2.41. The highest BCUT2D eigenvalue weighted by Gasteiger charge is 2.25. The molecular formula is C25H24Cl2N2O5S. The Bertz CT molecular complexity index is 1300. The first kappa shape index (κ1) is 26.7. The van der Waals surface area contributed by atoms with E-state index in [1.807, 2.05) is 12.1 Å². The number of hydrogen-bond donors (Lipinski definition) is 2. The van der Waals surface area contributed by atoms with Gasteiger partial charge in [0.15, 0.2) is 0 Å². The average Bonchev–Trinajstić information content (AvgIpc) is 2.83. The molecule has 0 saturated heterocycles. The molecular weight excluding hydrogens is 511 g/mol. The number of sulfonamides is 1. The first-order valence-corrected chi connectivity index (χ1v) is 12.9. The third-order valence-corrected chi connectivity index (χ3v) is 7.44. The normalized spacial score (nSPS) is 12.2. The highest BCUT2D eigenvalue weighted by Crippen LogP contribution is 2.23. The molecule has 0 radical (unpaired) electrons. The zero-order valence-corrected chi connectivity index (χ0v) is 21.1. The molecule has 184 valence electrons. The molecule has 0 aliphatic heterocycles. The fourth-order valence-corrected chi connectivity index (χ4v) is 5.00. The maximum Gasteiger partial charge on any atom is 0.321 e. The van der Waals surface area contributed by atoms with E-state index < -0.39 is 22.0 Å². The molecule has 1 amide bonds. The molecule has 0 unspecified atom stereocenters. The summed E-state index contributed by atoms with van der Waals surface area (Å²) >= 11 is 12.0. The van der Waals surface area contributed by atoms with Crippen LogP contribution in [0.15, 0.2) is 77.7 Å². The molecule has 10 heteroatoms. The van der Waals surface area contributed by atoms with Crippen molar-refractivity contribution in [2.24, 2.45) is 0 Å². The second-order valence-corrected chi connectivity index (χ2v) is 10.4. The highest BCUT2D eigenvalue weighted by atomic mass is 35.5. The van der Waals surface area contributed by atoms with Gasteiger partial charge in [0.1, 0.15) is 6.04 Å². The van der Waals surface area contributed by atoms with Crippen LogP contribution in [0.4, 0.5) is 0 Å². The van der Waals surface area contributed by atoms with Crippen molar-refractivity contribution < 1.29 is 23.1 Å². The van der Waals surface area contributed by atoms with Crippen LogP contribution in [-0.2, 0) is 14.8 Å². The van der Waals surface area contributed by atoms with Crippen molar-refractivity contribution in [1.29, 1.82) is 0 Å². The number of nitrogens with zero attached hydrogens (tertiary/aromatic N) is 1. The van der Waals surface area contributed by atoms with Crippen LogP contribution in [0, 0.1) is 0 Å². The van der Waals surface area contributed by atoms with Gasteiger partial charge >= 0.3 is 5.97 Å². The topological polar surface area (TPSA) is 104 Å². The Labute approximate surface area is 214 Å². The molecule has 2 N–H and O–H groups in total. The Morgan fingerprint density at radius 1 is 0.943 bits per heavy atom. The van der Waals surface area contributed by atoms with E-state index in [0.717, 1.165) is 11.1 Å². The molecule has 0 saturated carbocycles. The molecule has 1 atom stereocenters. The summed E-state index contributed by atoms with van der Waals surface area (Å²) in [5.74, 6) is -1.60. The number of halogens is 2. The number of amides is 1. The number of carboxylic acid groups (broad SMARTS) is 1. The van der Waals surface area contributed by atoms with Crippen molar-refractivity contribution in [3.05, 3.63) is 88.4 Å². The summed E-state index contributed by atoms with van der Waals surface area (Å²) < 4.78 is 27.8. The van der Waals surface area contributed by atoms with Gasteiger partial charge in [0.25, 0.3) is 5.91 Å². The van der Waals surface area contributed by atoms with Gasteiger partial charge in [-0.2, -0.15) is 4.72 Å². The maximum absolute atomic E-state index is 12.8. The quantitative estimate of drug-likeness (QED) is 0.383. The number of rotatable bonds is 10. The van der Waals surface area contributed by atoms with Gasteiger partial charge in [-0.05, 0) is 60.4 Å². The first-order valence-electron chi connectivity index (χ1n) is 10.7. The molecule has 3 rings (SSSR count). The fourth-order valence-electron chi connectivity index (χ4n) is 3.43. The van der Waals surface area contributed by atoms with Crippen molar-refractivity contribution in [1.82, 2.24) is 9.62 Å². The van der Waals surface area contributed by atoms with E-state index in [1.165, 1.54) is 17.0 Å². The number of aliphatic carboxylic acids is 1. The van der Waals surface area contributed by atoms with E-state index in [-0.39, 0.29) is 30.2 Å². The van der Waals surface area contributed by atoms with E-state index in [0.29, 0.717) is 15.6 Å². The smallest absolute Gasteiger partial charge is 0.321 e. The maximum atomic E-state index is 12.8.